The molecule has 0 spiro atoms. The van der Waals surface area contributed by atoms with E-state index in [0.717, 1.165) is 76.6 Å². The highest BCUT2D eigenvalue weighted by Crippen LogP contribution is 2.41. The fraction of sp³-hybridized carbons (Fsp3) is 0.867. The third kappa shape index (κ3) is 11.9. The first-order chi connectivity index (χ1) is 20.4. The Kier molecular flexibility index (Phi) is 14.1. The molecular weight excluding hydrogens is 551 g/mol. The Morgan fingerprint density at radius 3 is 2.50 bits per heavy atom. The van der Waals surface area contributed by atoms with Crippen LogP contribution in [-0.2, 0) is 9.09 Å². The maximum atomic E-state index is 12.1. The average molecular weight is 609 g/mol. The molecule has 2 saturated carbocycles. The molecule has 1 aromatic rings. The summed E-state index contributed by atoms with van der Waals surface area (Å²) in [6, 6.07) is 2.61. The first kappa shape index (κ1) is 33.4. The molecule has 42 heavy (non-hydrogen) atoms. The van der Waals surface area contributed by atoms with Crippen molar-refractivity contribution < 1.29 is 14.0 Å². The molecule has 11 nitrogen and oxygen atoms in total. The SMILES string of the molecule is CCOP(=O)(O)CCN1CCCN(c2cc(N)nc(NC[C@H]3CC[C@H](CNCCCNC4CCCCC4)CC3)n2)CC1. The van der Waals surface area contributed by atoms with Gasteiger partial charge in [0, 0.05) is 44.8 Å². The molecule has 4 rings (SSSR count). The lowest BCUT2D eigenvalue weighted by Crippen LogP contribution is -2.34. The Hall–Kier alpha value is -1.49. The van der Waals surface area contributed by atoms with Crippen LogP contribution in [0, 0.1) is 11.8 Å². The highest BCUT2D eigenvalue weighted by atomic mass is 31.2. The van der Waals surface area contributed by atoms with Gasteiger partial charge in [-0.2, -0.15) is 9.97 Å². The zero-order chi connectivity index (χ0) is 29.6. The van der Waals surface area contributed by atoms with Crippen molar-refractivity contribution in [3.63, 3.8) is 0 Å². The monoisotopic (exact) mass is 608 g/mol. The predicted molar refractivity (Wildman–Crippen MR) is 172 cm³/mol. The lowest BCUT2D eigenvalue weighted by Gasteiger charge is -2.29. The van der Waals surface area contributed by atoms with Crippen molar-refractivity contribution in [1.29, 1.82) is 0 Å². The zero-order valence-corrected chi connectivity index (χ0v) is 26.8. The Bertz CT molecular complexity index is 958. The van der Waals surface area contributed by atoms with E-state index in [4.69, 9.17) is 15.2 Å². The second-order valence-corrected chi connectivity index (χ2v) is 14.5. The molecule has 0 radical (unpaired) electrons. The van der Waals surface area contributed by atoms with E-state index in [-0.39, 0.29) is 12.8 Å². The third-order valence-electron chi connectivity index (χ3n) is 9.19. The number of nitrogen functional groups attached to an aromatic ring is 1. The minimum atomic E-state index is -3.50. The van der Waals surface area contributed by atoms with Crippen LogP contribution in [0.15, 0.2) is 6.07 Å². The fourth-order valence-electron chi connectivity index (χ4n) is 6.66. The van der Waals surface area contributed by atoms with E-state index in [0.29, 0.717) is 24.2 Å². The predicted octanol–water partition coefficient (Wildman–Crippen LogP) is 3.91. The maximum absolute atomic E-state index is 12.1. The smallest absolute Gasteiger partial charge is 0.329 e. The van der Waals surface area contributed by atoms with Gasteiger partial charge in [0.05, 0.1) is 12.8 Å². The number of hydrogen-bond donors (Lipinski definition) is 5. The van der Waals surface area contributed by atoms with E-state index in [1.165, 1.54) is 64.2 Å². The van der Waals surface area contributed by atoms with Gasteiger partial charge in [0.25, 0.3) is 0 Å². The van der Waals surface area contributed by atoms with Crippen molar-refractivity contribution in [1.82, 2.24) is 25.5 Å². The lowest BCUT2D eigenvalue weighted by molar-refractivity contribution is 0.258. The van der Waals surface area contributed by atoms with E-state index in [1.54, 1.807) is 6.92 Å². The molecule has 1 aromatic heterocycles. The van der Waals surface area contributed by atoms with Crippen LogP contribution in [0.2, 0.25) is 0 Å². The van der Waals surface area contributed by atoms with Gasteiger partial charge >= 0.3 is 7.60 Å². The first-order valence-corrected chi connectivity index (χ1v) is 18.4. The summed E-state index contributed by atoms with van der Waals surface area (Å²) in [7, 11) is -3.50. The van der Waals surface area contributed by atoms with E-state index in [2.05, 4.69) is 30.7 Å². The van der Waals surface area contributed by atoms with Gasteiger partial charge in [-0.25, -0.2) is 0 Å². The Labute approximate surface area is 253 Å². The third-order valence-corrected chi connectivity index (χ3v) is 10.6. The number of nitrogens with two attached hydrogens (primary N) is 1. The molecule has 1 saturated heterocycles. The topological polar surface area (TPSA) is 141 Å². The van der Waals surface area contributed by atoms with Gasteiger partial charge in [-0.05, 0) is 96.3 Å². The number of nitrogens with one attached hydrogen (secondary N) is 3. The van der Waals surface area contributed by atoms with Gasteiger partial charge in [0.1, 0.15) is 11.6 Å². The highest BCUT2D eigenvalue weighted by Gasteiger charge is 2.24. The highest BCUT2D eigenvalue weighted by molar-refractivity contribution is 7.52. The minimum Gasteiger partial charge on any atom is -0.383 e. The molecule has 1 unspecified atom stereocenters. The van der Waals surface area contributed by atoms with Crippen LogP contribution < -0.4 is 26.6 Å². The van der Waals surface area contributed by atoms with Crippen LogP contribution in [0.25, 0.3) is 0 Å². The molecule has 0 aromatic carbocycles. The number of nitrogens with zero attached hydrogens (tertiary/aromatic N) is 4. The molecule has 2 aliphatic carbocycles. The molecular formula is C30H57N8O3P. The molecule has 1 atom stereocenters. The van der Waals surface area contributed by atoms with Crippen LogP contribution >= 0.6 is 7.60 Å². The molecule has 12 heteroatoms. The van der Waals surface area contributed by atoms with Crippen molar-refractivity contribution >= 4 is 25.2 Å². The summed E-state index contributed by atoms with van der Waals surface area (Å²) < 4.78 is 17.1. The first-order valence-electron chi connectivity index (χ1n) is 16.7. The molecule has 0 bridgehead atoms. The van der Waals surface area contributed by atoms with Crippen LogP contribution in [0.1, 0.15) is 77.6 Å². The van der Waals surface area contributed by atoms with Gasteiger partial charge in [0.2, 0.25) is 5.95 Å². The van der Waals surface area contributed by atoms with E-state index >= 15 is 0 Å². The number of anilines is 3. The molecule has 3 aliphatic rings. The fourth-order valence-corrected chi connectivity index (χ4v) is 7.73. The average Bonchev–Trinajstić information content (AvgIpc) is 3.24. The van der Waals surface area contributed by atoms with Crippen molar-refractivity contribution in [3.05, 3.63) is 6.07 Å². The number of hydrogen-bond acceptors (Lipinski definition) is 10. The summed E-state index contributed by atoms with van der Waals surface area (Å²) in [5.41, 5.74) is 6.19. The van der Waals surface area contributed by atoms with Crippen molar-refractivity contribution in [2.75, 3.05) is 87.6 Å². The summed E-state index contributed by atoms with van der Waals surface area (Å²) in [5, 5.41) is 10.9. The minimum absolute atomic E-state index is 0.159. The van der Waals surface area contributed by atoms with Gasteiger partial charge in [-0.1, -0.05) is 19.3 Å². The van der Waals surface area contributed by atoms with E-state index in [9.17, 15) is 9.46 Å². The molecule has 6 N–H and O–H groups in total. The summed E-state index contributed by atoms with van der Waals surface area (Å²) in [6.45, 7) is 10.2. The van der Waals surface area contributed by atoms with Crippen LogP contribution in [-0.4, -0.2) is 97.5 Å². The summed E-state index contributed by atoms with van der Waals surface area (Å²) in [4.78, 5) is 23.7. The largest absolute Gasteiger partial charge is 0.383 e. The van der Waals surface area contributed by atoms with Gasteiger partial charge < -0.3 is 40.9 Å². The number of aromatic nitrogens is 2. The van der Waals surface area contributed by atoms with Crippen molar-refractivity contribution in [3.8, 4) is 0 Å². The molecule has 0 amide bonds. The Morgan fingerprint density at radius 1 is 0.976 bits per heavy atom. The summed E-state index contributed by atoms with van der Waals surface area (Å²) in [5.74, 6) is 3.35. The number of rotatable bonds is 16. The normalized spacial score (nSPS) is 24.3. The molecule has 3 fully saturated rings. The second kappa shape index (κ2) is 17.7. The second-order valence-electron chi connectivity index (χ2n) is 12.6. The Morgan fingerprint density at radius 2 is 1.74 bits per heavy atom. The van der Waals surface area contributed by atoms with Gasteiger partial charge in [-0.15, -0.1) is 0 Å². The lowest BCUT2D eigenvalue weighted by atomic mass is 9.82. The quantitative estimate of drug-likeness (QED) is 0.138. The van der Waals surface area contributed by atoms with Crippen LogP contribution in [0.3, 0.4) is 0 Å². The van der Waals surface area contributed by atoms with Gasteiger partial charge in [0.15, 0.2) is 0 Å². The van der Waals surface area contributed by atoms with E-state index < -0.39 is 7.60 Å². The summed E-state index contributed by atoms with van der Waals surface area (Å²) in [6.07, 6.45) is 14.3. The van der Waals surface area contributed by atoms with Crippen LogP contribution in [0.4, 0.5) is 17.6 Å². The van der Waals surface area contributed by atoms with Crippen LogP contribution in [0.5, 0.6) is 0 Å². The standard InChI is InChI=1S/C30H57N8O3P/c1-2-41-42(39,40)21-20-37-16-7-17-38(19-18-37)29-22-28(31)35-30(36-29)34-24-26-12-10-25(11-13-26)23-32-14-6-15-33-27-8-4-3-5-9-27/h22,25-27,32-33H,2-21,23-24H2,1H3,(H,39,40)(H3,31,34,35,36)/t25-,26-. The van der Waals surface area contributed by atoms with Gasteiger partial charge in [-0.3, -0.25) is 4.57 Å². The van der Waals surface area contributed by atoms with Crippen molar-refractivity contribution in [2.24, 2.45) is 11.8 Å². The Balaban J connectivity index is 1.11. The van der Waals surface area contributed by atoms with E-state index in [1.807, 2.05) is 6.07 Å². The maximum Gasteiger partial charge on any atom is 0.329 e. The zero-order valence-electron chi connectivity index (χ0n) is 25.9. The molecule has 2 heterocycles. The molecule has 1 aliphatic heterocycles. The summed E-state index contributed by atoms with van der Waals surface area (Å²) >= 11 is 0. The molecule has 240 valence electrons. The van der Waals surface area contributed by atoms with Crippen molar-refractivity contribution in [2.45, 2.75) is 83.6 Å².